The highest BCUT2D eigenvalue weighted by Crippen LogP contribution is 2.33. The van der Waals surface area contributed by atoms with Crippen LogP contribution in [-0.2, 0) is 6.42 Å². The zero-order valence-electron chi connectivity index (χ0n) is 7.39. The summed E-state index contributed by atoms with van der Waals surface area (Å²) in [6.07, 6.45) is 5.06. The van der Waals surface area contributed by atoms with Crippen LogP contribution in [0.4, 0.5) is 0 Å². The van der Waals surface area contributed by atoms with Gasteiger partial charge in [0.1, 0.15) is 5.75 Å². The Bertz CT molecular complexity index is 362. The third kappa shape index (κ3) is 0.860. The van der Waals surface area contributed by atoms with Crippen molar-refractivity contribution in [1.29, 1.82) is 0 Å². The highest BCUT2D eigenvalue weighted by Gasteiger charge is 2.13. The first-order chi connectivity index (χ1) is 5.70. The molecule has 0 unspecified atom stereocenters. The lowest BCUT2D eigenvalue weighted by Crippen LogP contribution is -1.89. The van der Waals surface area contributed by atoms with Crippen molar-refractivity contribution >= 4 is 6.08 Å². The van der Waals surface area contributed by atoms with Gasteiger partial charge in [-0.3, -0.25) is 0 Å². The van der Waals surface area contributed by atoms with E-state index in [1.165, 1.54) is 11.1 Å². The third-order valence-corrected chi connectivity index (χ3v) is 2.45. The SMILES string of the molecule is Cc1cc(C)c2c(c1O)CC=C2. The molecule has 0 amide bonds. The van der Waals surface area contributed by atoms with Crippen molar-refractivity contribution in [2.24, 2.45) is 0 Å². The fraction of sp³-hybridized carbons (Fsp3) is 0.273. The quantitative estimate of drug-likeness (QED) is 0.618. The maximum Gasteiger partial charge on any atom is 0.122 e. The summed E-state index contributed by atoms with van der Waals surface area (Å²) < 4.78 is 0. The van der Waals surface area contributed by atoms with Crippen molar-refractivity contribution in [3.8, 4) is 5.75 Å². The van der Waals surface area contributed by atoms with Crippen LogP contribution in [0.15, 0.2) is 12.1 Å². The number of fused-ring (bicyclic) bond motifs is 1. The molecule has 1 aliphatic carbocycles. The van der Waals surface area contributed by atoms with E-state index in [4.69, 9.17) is 0 Å². The van der Waals surface area contributed by atoms with E-state index >= 15 is 0 Å². The molecule has 0 saturated heterocycles. The van der Waals surface area contributed by atoms with Crippen molar-refractivity contribution in [3.63, 3.8) is 0 Å². The largest absolute Gasteiger partial charge is 0.507 e. The third-order valence-electron chi connectivity index (χ3n) is 2.45. The molecule has 1 aliphatic rings. The van der Waals surface area contributed by atoms with Crippen LogP contribution in [0.1, 0.15) is 22.3 Å². The second-order valence-electron chi connectivity index (χ2n) is 3.36. The van der Waals surface area contributed by atoms with Crippen molar-refractivity contribution in [3.05, 3.63) is 34.4 Å². The van der Waals surface area contributed by atoms with Crippen molar-refractivity contribution in [1.82, 2.24) is 0 Å². The number of allylic oxidation sites excluding steroid dienone is 1. The van der Waals surface area contributed by atoms with Gasteiger partial charge in [-0.1, -0.05) is 18.2 Å². The van der Waals surface area contributed by atoms with E-state index < -0.39 is 0 Å². The molecule has 1 heteroatoms. The Kier molecular flexibility index (Phi) is 1.47. The summed E-state index contributed by atoms with van der Waals surface area (Å²) in [5, 5.41) is 9.70. The van der Waals surface area contributed by atoms with Gasteiger partial charge in [0.15, 0.2) is 0 Å². The molecule has 0 spiro atoms. The normalized spacial score (nSPS) is 13.5. The number of phenols is 1. The Hall–Kier alpha value is -1.24. The Balaban J connectivity index is 2.74. The van der Waals surface area contributed by atoms with Crippen LogP contribution in [0.25, 0.3) is 6.08 Å². The number of aromatic hydroxyl groups is 1. The molecule has 1 N–H and O–H groups in total. The average Bonchev–Trinajstić information content (AvgIpc) is 2.48. The highest BCUT2D eigenvalue weighted by molar-refractivity contribution is 5.68. The van der Waals surface area contributed by atoms with Crippen LogP contribution in [-0.4, -0.2) is 5.11 Å². The van der Waals surface area contributed by atoms with Gasteiger partial charge in [0.25, 0.3) is 0 Å². The van der Waals surface area contributed by atoms with E-state index in [0.29, 0.717) is 5.75 Å². The van der Waals surface area contributed by atoms with Gasteiger partial charge < -0.3 is 5.11 Å². The van der Waals surface area contributed by atoms with Gasteiger partial charge in [0, 0.05) is 5.56 Å². The Morgan fingerprint density at radius 3 is 2.75 bits per heavy atom. The molecule has 0 aromatic heterocycles. The predicted molar refractivity (Wildman–Crippen MR) is 50.3 cm³/mol. The lowest BCUT2D eigenvalue weighted by molar-refractivity contribution is 0.465. The molecule has 1 nitrogen and oxygen atoms in total. The number of hydrogen-bond donors (Lipinski definition) is 1. The molecule has 0 atom stereocenters. The first-order valence-corrected chi connectivity index (χ1v) is 4.18. The number of aryl methyl sites for hydroxylation is 2. The summed E-state index contributed by atoms with van der Waals surface area (Å²) >= 11 is 0. The minimum atomic E-state index is 0.473. The molecular formula is C11H12O. The topological polar surface area (TPSA) is 20.2 Å². The molecule has 1 aromatic rings. The maximum absolute atomic E-state index is 9.70. The van der Waals surface area contributed by atoms with Crippen LogP contribution in [0.3, 0.4) is 0 Å². The molecule has 0 heterocycles. The zero-order chi connectivity index (χ0) is 8.72. The lowest BCUT2D eigenvalue weighted by atomic mass is 10.00. The summed E-state index contributed by atoms with van der Waals surface area (Å²) in [5.74, 6) is 0.473. The van der Waals surface area contributed by atoms with Gasteiger partial charge in [-0.25, -0.2) is 0 Å². The zero-order valence-corrected chi connectivity index (χ0v) is 7.39. The standard InChI is InChI=1S/C11H12O/c1-7-6-8(2)11(12)10-5-3-4-9(7)10/h3-4,6,12H,5H2,1-2H3. The summed E-state index contributed by atoms with van der Waals surface area (Å²) in [7, 11) is 0. The van der Waals surface area contributed by atoms with Gasteiger partial charge >= 0.3 is 0 Å². The van der Waals surface area contributed by atoms with E-state index in [2.05, 4.69) is 19.1 Å². The second-order valence-corrected chi connectivity index (χ2v) is 3.36. The molecule has 2 rings (SSSR count). The van der Waals surface area contributed by atoms with Gasteiger partial charge in [-0.15, -0.1) is 0 Å². The smallest absolute Gasteiger partial charge is 0.122 e. The molecule has 1 aromatic carbocycles. The Morgan fingerprint density at radius 2 is 2.00 bits per heavy atom. The fourth-order valence-corrected chi connectivity index (χ4v) is 1.81. The molecule has 62 valence electrons. The summed E-state index contributed by atoms with van der Waals surface area (Å²) in [6.45, 7) is 4.03. The number of hydrogen-bond acceptors (Lipinski definition) is 1. The molecule has 0 bridgehead atoms. The fourth-order valence-electron chi connectivity index (χ4n) is 1.81. The predicted octanol–water partition coefficient (Wildman–Crippen LogP) is 2.58. The van der Waals surface area contributed by atoms with Crippen molar-refractivity contribution in [2.75, 3.05) is 0 Å². The maximum atomic E-state index is 9.70. The molecule has 0 fully saturated rings. The minimum absolute atomic E-state index is 0.473. The monoisotopic (exact) mass is 160 g/mol. The van der Waals surface area contributed by atoms with Crippen LogP contribution < -0.4 is 0 Å². The van der Waals surface area contributed by atoms with Crippen LogP contribution >= 0.6 is 0 Å². The van der Waals surface area contributed by atoms with Crippen LogP contribution in [0, 0.1) is 13.8 Å². The van der Waals surface area contributed by atoms with Gasteiger partial charge in [0.2, 0.25) is 0 Å². The number of benzene rings is 1. The molecule has 0 radical (unpaired) electrons. The van der Waals surface area contributed by atoms with Crippen molar-refractivity contribution < 1.29 is 5.11 Å². The molecule has 0 aliphatic heterocycles. The summed E-state index contributed by atoms with van der Waals surface area (Å²) in [6, 6.07) is 2.03. The molecule has 12 heavy (non-hydrogen) atoms. The van der Waals surface area contributed by atoms with Crippen LogP contribution in [0.5, 0.6) is 5.75 Å². The number of rotatable bonds is 0. The minimum Gasteiger partial charge on any atom is -0.507 e. The lowest BCUT2D eigenvalue weighted by Gasteiger charge is -2.08. The first kappa shape index (κ1) is 7.41. The molecule has 0 saturated carbocycles. The summed E-state index contributed by atoms with van der Waals surface area (Å²) in [4.78, 5) is 0. The van der Waals surface area contributed by atoms with Crippen LogP contribution in [0.2, 0.25) is 0 Å². The van der Waals surface area contributed by atoms with Gasteiger partial charge in [-0.2, -0.15) is 0 Å². The highest BCUT2D eigenvalue weighted by atomic mass is 16.3. The van der Waals surface area contributed by atoms with Gasteiger partial charge in [0.05, 0.1) is 0 Å². The summed E-state index contributed by atoms with van der Waals surface area (Å²) in [5.41, 5.74) is 4.54. The van der Waals surface area contributed by atoms with Gasteiger partial charge in [-0.05, 0) is 37.0 Å². The number of phenolic OH excluding ortho intramolecular Hbond substituents is 1. The average molecular weight is 160 g/mol. The first-order valence-electron chi connectivity index (χ1n) is 4.18. The Labute approximate surface area is 72.4 Å². The van der Waals surface area contributed by atoms with E-state index in [0.717, 1.165) is 17.5 Å². The second kappa shape index (κ2) is 2.37. The van der Waals surface area contributed by atoms with E-state index in [1.54, 1.807) is 0 Å². The van der Waals surface area contributed by atoms with E-state index in [1.807, 2.05) is 13.0 Å². The Morgan fingerprint density at radius 1 is 1.25 bits per heavy atom. The van der Waals surface area contributed by atoms with E-state index in [-0.39, 0.29) is 0 Å². The van der Waals surface area contributed by atoms with E-state index in [9.17, 15) is 5.11 Å². The van der Waals surface area contributed by atoms with Crippen molar-refractivity contribution in [2.45, 2.75) is 20.3 Å². The molecular weight excluding hydrogens is 148 g/mol.